The van der Waals surface area contributed by atoms with E-state index in [1.165, 1.54) is 18.5 Å². The van der Waals surface area contributed by atoms with Gasteiger partial charge in [-0.05, 0) is 6.07 Å². The summed E-state index contributed by atoms with van der Waals surface area (Å²) in [5, 5.41) is 4.20. The Bertz CT molecular complexity index is 1290. The number of hydrazine groups is 1. The largest absolute Gasteiger partial charge is 0.464 e. The first-order valence-electron chi connectivity index (χ1n) is 9.42. The van der Waals surface area contributed by atoms with Crippen LogP contribution in [-0.2, 0) is 9.53 Å². The zero-order valence-corrected chi connectivity index (χ0v) is 17.7. The van der Waals surface area contributed by atoms with Gasteiger partial charge in [0.05, 0.1) is 41.5 Å². The summed E-state index contributed by atoms with van der Waals surface area (Å²) in [6.07, 6.45) is -0.929. The van der Waals surface area contributed by atoms with E-state index in [1.807, 2.05) is 0 Å². The number of allylic oxidation sites excluding steroid dienone is 1. The number of alkyl halides is 3. The summed E-state index contributed by atoms with van der Waals surface area (Å²) in [6, 6.07) is 8.02. The van der Waals surface area contributed by atoms with Crippen molar-refractivity contribution in [2.24, 2.45) is 0 Å². The smallest absolute Gasteiger partial charge is 0.433 e. The van der Waals surface area contributed by atoms with Crippen LogP contribution in [0.1, 0.15) is 10.5 Å². The highest BCUT2D eigenvalue weighted by molar-refractivity contribution is 6.33. The first kappa shape index (κ1) is 22.5. The molecule has 0 fully saturated rings. The Labute approximate surface area is 190 Å². The fraction of sp³-hybridized carbons (Fsp3) is 0.143. The lowest BCUT2D eigenvalue weighted by Gasteiger charge is -2.25. The molecule has 0 spiro atoms. The van der Waals surface area contributed by atoms with E-state index in [4.69, 9.17) is 11.6 Å². The molecule has 0 unspecified atom stereocenters. The molecular formula is C21H15ClF3N5O3. The van der Waals surface area contributed by atoms with Gasteiger partial charge in [-0.3, -0.25) is 14.8 Å². The molecule has 0 aliphatic carbocycles. The second-order valence-electron chi connectivity index (χ2n) is 6.88. The Hall–Kier alpha value is -3.70. The summed E-state index contributed by atoms with van der Waals surface area (Å²) in [5.41, 5.74) is 0.884. The monoisotopic (exact) mass is 477 g/mol. The third-order valence-electron chi connectivity index (χ3n) is 4.83. The number of anilines is 2. The lowest BCUT2D eigenvalue weighted by atomic mass is 10.1. The highest BCUT2D eigenvalue weighted by Crippen LogP contribution is 2.38. The van der Waals surface area contributed by atoms with Crippen LogP contribution in [0.2, 0.25) is 5.02 Å². The van der Waals surface area contributed by atoms with Gasteiger partial charge in [-0.15, -0.1) is 0 Å². The van der Waals surface area contributed by atoms with E-state index in [2.05, 4.69) is 25.4 Å². The average Bonchev–Trinajstić information content (AvgIpc) is 3.24. The number of ether oxygens (including phenoxy) is 1. The number of carbonyl (C=O) groups is 2. The van der Waals surface area contributed by atoms with E-state index >= 15 is 0 Å². The first-order valence-corrected chi connectivity index (χ1v) is 9.80. The zero-order chi connectivity index (χ0) is 23.8. The number of fused-ring (bicyclic) bond motifs is 1. The molecule has 170 valence electrons. The van der Waals surface area contributed by atoms with E-state index in [9.17, 15) is 22.8 Å². The number of hydrogen-bond acceptors (Lipinski definition) is 7. The van der Waals surface area contributed by atoms with Gasteiger partial charge in [-0.1, -0.05) is 35.9 Å². The molecule has 12 heteroatoms. The van der Waals surface area contributed by atoms with Crippen LogP contribution in [0.5, 0.6) is 0 Å². The summed E-state index contributed by atoms with van der Waals surface area (Å²) < 4.78 is 46.7. The fourth-order valence-corrected chi connectivity index (χ4v) is 3.63. The predicted molar refractivity (Wildman–Crippen MR) is 115 cm³/mol. The molecule has 0 saturated heterocycles. The number of nitrogens with zero attached hydrogens (tertiary/aromatic N) is 3. The van der Waals surface area contributed by atoms with Crippen molar-refractivity contribution >= 4 is 45.6 Å². The van der Waals surface area contributed by atoms with E-state index in [0.29, 0.717) is 10.8 Å². The van der Waals surface area contributed by atoms with Crippen molar-refractivity contribution in [1.82, 2.24) is 15.4 Å². The summed E-state index contributed by atoms with van der Waals surface area (Å²) in [5.74, 6) is -1.80. The van der Waals surface area contributed by atoms with Crippen LogP contribution in [0.4, 0.5) is 24.5 Å². The summed E-state index contributed by atoms with van der Waals surface area (Å²) in [6.45, 7) is -0.384. The number of amides is 1. The normalized spacial score (nSPS) is 14.0. The second-order valence-corrected chi connectivity index (χ2v) is 7.28. The summed E-state index contributed by atoms with van der Waals surface area (Å²) in [7, 11) is 1.14. The van der Waals surface area contributed by atoms with Gasteiger partial charge in [-0.2, -0.15) is 13.2 Å². The van der Waals surface area contributed by atoms with Crippen LogP contribution >= 0.6 is 11.6 Å². The Morgan fingerprint density at radius 1 is 1.21 bits per heavy atom. The Balaban J connectivity index is 1.70. The molecule has 2 N–H and O–H groups in total. The van der Waals surface area contributed by atoms with E-state index in [1.54, 1.807) is 24.3 Å². The highest BCUT2D eigenvalue weighted by Gasteiger charge is 2.46. The molecule has 0 saturated carbocycles. The average molecular weight is 478 g/mol. The van der Waals surface area contributed by atoms with Gasteiger partial charge in [-0.25, -0.2) is 15.2 Å². The van der Waals surface area contributed by atoms with Gasteiger partial charge < -0.3 is 10.1 Å². The topological polar surface area (TPSA) is 96.4 Å². The van der Waals surface area contributed by atoms with Gasteiger partial charge in [0, 0.05) is 23.5 Å². The number of methoxy groups -OCH3 is 1. The van der Waals surface area contributed by atoms with Crippen LogP contribution in [0.15, 0.2) is 60.2 Å². The minimum absolute atomic E-state index is 0.0111. The number of halogens is 4. The van der Waals surface area contributed by atoms with Gasteiger partial charge in [0.2, 0.25) is 0 Å². The van der Waals surface area contributed by atoms with Crippen molar-refractivity contribution in [2.45, 2.75) is 6.18 Å². The quantitative estimate of drug-likeness (QED) is 0.551. The molecule has 0 bridgehead atoms. The molecule has 1 aliphatic rings. The maximum absolute atomic E-state index is 14.1. The molecule has 8 nitrogen and oxygen atoms in total. The van der Waals surface area contributed by atoms with Crippen LogP contribution in [0.3, 0.4) is 0 Å². The standard InChI is InChI=1S/C21H15ClF3N5O3/c1-33-20(32)17-15(22)6-12(8-27-17)29-19(31)14-9-28-30(18(14)21(23,24)25)16-10-26-7-11-4-2-3-5-13(11)16/h2-8,10,28H,9H2,1H3,(H,29,31). The van der Waals surface area contributed by atoms with Gasteiger partial charge >= 0.3 is 12.1 Å². The highest BCUT2D eigenvalue weighted by atomic mass is 35.5. The molecule has 2 aromatic heterocycles. The van der Waals surface area contributed by atoms with Crippen molar-refractivity contribution in [1.29, 1.82) is 0 Å². The maximum atomic E-state index is 14.1. The summed E-state index contributed by atoms with van der Waals surface area (Å²) in [4.78, 5) is 32.2. The number of esters is 1. The third kappa shape index (κ3) is 4.32. The SMILES string of the molecule is COC(=O)c1ncc(NC(=O)C2=C(C(F)(F)F)N(c3cncc4ccccc34)NC2)cc1Cl. The number of carbonyl (C=O) groups excluding carboxylic acids is 2. The number of rotatable bonds is 4. The Kier molecular flexibility index (Phi) is 5.91. The van der Waals surface area contributed by atoms with Crippen molar-refractivity contribution in [3.05, 3.63) is 70.9 Å². The number of nitrogens with one attached hydrogen (secondary N) is 2. The molecule has 0 atom stereocenters. The fourth-order valence-electron chi connectivity index (χ4n) is 3.39. The number of aromatic nitrogens is 2. The minimum atomic E-state index is -4.85. The molecule has 3 heterocycles. The number of hydrogen-bond donors (Lipinski definition) is 2. The van der Waals surface area contributed by atoms with Crippen molar-refractivity contribution in [2.75, 3.05) is 24.0 Å². The molecular weight excluding hydrogens is 463 g/mol. The lowest BCUT2D eigenvalue weighted by molar-refractivity contribution is -0.114. The molecule has 3 aromatic rings. The van der Waals surface area contributed by atoms with Crippen LogP contribution in [-0.4, -0.2) is 41.7 Å². The predicted octanol–water partition coefficient (Wildman–Crippen LogP) is 3.85. The molecule has 1 amide bonds. The minimum Gasteiger partial charge on any atom is -0.464 e. The number of benzene rings is 1. The molecule has 1 aromatic carbocycles. The van der Waals surface area contributed by atoms with Gasteiger partial charge in [0.15, 0.2) is 5.69 Å². The van der Waals surface area contributed by atoms with Crippen molar-refractivity contribution < 1.29 is 27.5 Å². The first-order chi connectivity index (χ1) is 15.7. The molecule has 4 rings (SSSR count). The molecule has 0 radical (unpaired) electrons. The Morgan fingerprint density at radius 2 is 1.97 bits per heavy atom. The second kappa shape index (κ2) is 8.68. The van der Waals surface area contributed by atoms with E-state index in [0.717, 1.165) is 18.3 Å². The lowest BCUT2D eigenvalue weighted by Crippen LogP contribution is -2.37. The van der Waals surface area contributed by atoms with Crippen LogP contribution in [0, 0.1) is 0 Å². The van der Waals surface area contributed by atoms with Crippen LogP contribution < -0.4 is 15.8 Å². The molecule has 33 heavy (non-hydrogen) atoms. The maximum Gasteiger partial charge on any atom is 0.433 e. The summed E-state index contributed by atoms with van der Waals surface area (Å²) >= 11 is 5.97. The van der Waals surface area contributed by atoms with Crippen LogP contribution in [0.25, 0.3) is 10.8 Å². The number of pyridine rings is 2. The van der Waals surface area contributed by atoms with E-state index < -0.39 is 29.3 Å². The third-order valence-corrected chi connectivity index (χ3v) is 5.12. The van der Waals surface area contributed by atoms with E-state index in [-0.39, 0.29) is 28.6 Å². The molecule has 1 aliphatic heterocycles. The van der Waals surface area contributed by atoms with Gasteiger partial charge in [0.25, 0.3) is 5.91 Å². The van der Waals surface area contributed by atoms with Crippen molar-refractivity contribution in [3.63, 3.8) is 0 Å². The van der Waals surface area contributed by atoms with Crippen molar-refractivity contribution in [3.8, 4) is 0 Å². The zero-order valence-electron chi connectivity index (χ0n) is 16.9. The van der Waals surface area contributed by atoms with Gasteiger partial charge in [0.1, 0.15) is 5.70 Å². The Morgan fingerprint density at radius 3 is 2.67 bits per heavy atom.